The molecule has 1 saturated heterocycles. The molecule has 168 valence electrons. The molecule has 0 atom stereocenters. The summed E-state index contributed by atoms with van der Waals surface area (Å²) in [6.07, 6.45) is 0.143. The van der Waals surface area contributed by atoms with Gasteiger partial charge in [0.2, 0.25) is 15.9 Å². The maximum Gasteiger partial charge on any atom is 0.243 e. The van der Waals surface area contributed by atoms with Crippen LogP contribution >= 0.6 is 11.6 Å². The van der Waals surface area contributed by atoms with Crippen LogP contribution in [0.5, 0.6) is 0 Å². The van der Waals surface area contributed by atoms with Gasteiger partial charge in [0.05, 0.1) is 4.90 Å². The standard InChI is InChI=1S/C23H30ClN3O3S/c1-18(2)20-6-8-22(9-7-20)31(29,30)27(17-19-4-3-5-21(24)16-19)13-10-23(28)26-14-11-25-12-15-26/h3-9,16,18,25H,10-15,17H2,1-2H3. The van der Waals surface area contributed by atoms with Gasteiger partial charge in [-0.3, -0.25) is 4.79 Å². The van der Waals surface area contributed by atoms with Crippen molar-refractivity contribution in [2.75, 3.05) is 32.7 Å². The fourth-order valence-electron chi connectivity index (χ4n) is 3.59. The Bertz CT molecular complexity index is 987. The largest absolute Gasteiger partial charge is 0.340 e. The molecular weight excluding hydrogens is 434 g/mol. The summed E-state index contributed by atoms with van der Waals surface area (Å²) in [6, 6.07) is 14.1. The van der Waals surface area contributed by atoms with Crippen LogP contribution in [0.25, 0.3) is 0 Å². The first-order valence-corrected chi connectivity index (χ1v) is 12.4. The first-order valence-electron chi connectivity index (χ1n) is 10.6. The van der Waals surface area contributed by atoms with Crippen LogP contribution in [0.4, 0.5) is 0 Å². The third kappa shape index (κ3) is 6.29. The summed E-state index contributed by atoms with van der Waals surface area (Å²) in [7, 11) is -3.77. The lowest BCUT2D eigenvalue weighted by atomic mass is 10.0. The molecule has 1 aliphatic heterocycles. The highest BCUT2D eigenvalue weighted by molar-refractivity contribution is 7.89. The molecule has 0 aromatic heterocycles. The monoisotopic (exact) mass is 463 g/mol. The molecule has 3 rings (SSSR count). The Morgan fingerprint density at radius 2 is 1.81 bits per heavy atom. The molecule has 1 fully saturated rings. The SMILES string of the molecule is CC(C)c1ccc(S(=O)(=O)N(CCC(=O)N2CCNCC2)Cc2cccc(Cl)c2)cc1. The van der Waals surface area contributed by atoms with Crippen molar-refractivity contribution in [2.45, 2.75) is 37.6 Å². The second kappa shape index (κ2) is 10.6. The molecule has 1 N–H and O–H groups in total. The van der Waals surface area contributed by atoms with Crippen LogP contribution in [0.2, 0.25) is 5.02 Å². The Morgan fingerprint density at radius 3 is 2.42 bits per heavy atom. The minimum Gasteiger partial charge on any atom is -0.340 e. The molecule has 1 aliphatic rings. The summed E-state index contributed by atoms with van der Waals surface area (Å²) in [6.45, 7) is 7.23. The number of benzene rings is 2. The van der Waals surface area contributed by atoms with E-state index in [0.29, 0.717) is 24.0 Å². The smallest absolute Gasteiger partial charge is 0.243 e. The fraction of sp³-hybridized carbons (Fsp3) is 0.435. The molecule has 6 nitrogen and oxygen atoms in total. The minimum absolute atomic E-state index is 0.0250. The van der Waals surface area contributed by atoms with Crippen molar-refractivity contribution < 1.29 is 13.2 Å². The topological polar surface area (TPSA) is 69.7 Å². The van der Waals surface area contributed by atoms with Crippen LogP contribution in [-0.4, -0.2) is 56.3 Å². The van der Waals surface area contributed by atoms with Gasteiger partial charge in [0.15, 0.2) is 0 Å². The number of amides is 1. The molecule has 0 radical (unpaired) electrons. The van der Waals surface area contributed by atoms with Gasteiger partial charge in [-0.1, -0.05) is 49.7 Å². The number of nitrogens with zero attached hydrogens (tertiary/aromatic N) is 2. The van der Waals surface area contributed by atoms with Crippen LogP contribution in [-0.2, 0) is 21.4 Å². The van der Waals surface area contributed by atoms with Crippen molar-refractivity contribution in [2.24, 2.45) is 0 Å². The maximum absolute atomic E-state index is 13.4. The number of hydrogen-bond donors (Lipinski definition) is 1. The van der Waals surface area contributed by atoms with Crippen molar-refractivity contribution in [3.05, 3.63) is 64.7 Å². The van der Waals surface area contributed by atoms with E-state index in [-0.39, 0.29) is 30.3 Å². The van der Waals surface area contributed by atoms with Crippen LogP contribution in [0.3, 0.4) is 0 Å². The van der Waals surface area contributed by atoms with Gasteiger partial charge < -0.3 is 10.2 Å². The van der Waals surface area contributed by atoms with Crippen molar-refractivity contribution in [1.29, 1.82) is 0 Å². The average molecular weight is 464 g/mol. The normalized spacial score (nSPS) is 14.9. The lowest BCUT2D eigenvalue weighted by Crippen LogP contribution is -2.47. The predicted octanol–water partition coefficient (Wildman–Crippen LogP) is 3.48. The van der Waals surface area contributed by atoms with E-state index >= 15 is 0 Å². The zero-order valence-electron chi connectivity index (χ0n) is 18.1. The molecule has 0 spiro atoms. The van der Waals surface area contributed by atoms with Crippen LogP contribution in [0.15, 0.2) is 53.4 Å². The summed E-state index contributed by atoms with van der Waals surface area (Å²) in [4.78, 5) is 14.7. The minimum atomic E-state index is -3.77. The number of carbonyl (C=O) groups excluding carboxylic acids is 1. The van der Waals surface area contributed by atoms with Gasteiger partial charge in [-0.2, -0.15) is 4.31 Å². The zero-order valence-corrected chi connectivity index (χ0v) is 19.6. The Kier molecular flexibility index (Phi) is 8.11. The maximum atomic E-state index is 13.4. The lowest BCUT2D eigenvalue weighted by molar-refractivity contribution is -0.131. The van der Waals surface area contributed by atoms with E-state index in [2.05, 4.69) is 19.2 Å². The predicted molar refractivity (Wildman–Crippen MR) is 124 cm³/mol. The molecule has 2 aromatic carbocycles. The third-order valence-corrected chi connectivity index (χ3v) is 7.57. The van der Waals surface area contributed by atoms with E-state index in [4.69, 9.17) is 11.6 Å². The van der Waals surface area contributed by atoms with E-state index in [1.807, 2.05) is 18.2 Å². The van der Waals surface area contributed by atoms with E-state index in [9.17, 15) is 13.2 Å². The van der Waals surface area contributed by atoms with Crippen LogP contribution in [0, 0.1) is 0 Å². The molecule has 0 saturated carbocycles. The van der Waals surface area contributed by atoms with Crippen molar-refractivity contribution in [1.82, 2.24) is 14.5 Å². The molecule has 31 heavy (non-hydrogen) atoms. The average Bonchev–Trinajstić information content (AvgIpc) is 2.77. The Labute approximate surface area is 190 Å². The number of nitrogens with one attached hydrogen (secondary N) is 1. The van der Waals surface area contributed by atoms with E-state index in [0.717, 1.165) is 24.2 Å². The quantitative estimate of drug-likeness (QED) is 0.650. The molecule has 0 aliphatic carbocycles. The molecule has 1 amide bonds. The number of halogens is 1. The van der Waals surface area contributed by atoms with Gasteiger partial charge in [0.25, 0.3) is 0 Å². The molecule has 2 aromatic rings. The fourth-order valence-corrected chi connectivity index (χ4v) is 5.23. The van der Waals surface area contributed by atoms with Gasteiger partial charge in [-0.05, 0) is 41.3 Å². The number of sulfonamides is 1. The first kappa shape index (κ1) is 23.7. The summed E-state index contributed by atoms with van der Waals surface area (Å²) in [5.41, 5.74) is 1.86. The van der Waals surface area contributed by atoms with Crippen molar-refractivity contribution >= 4 is 27.5 Å². The Morgan fingerprint density at radius 1 is 1.13 bits per heavy atom. The summed E-state index contributed by atoms with van der Waals surface area (Å²) < 4.78 is 28.3. The van der Waals surface area contributed by atoms with E-state index in [1.54, 1.807) is 35.2 Å². The highest BCUT2D eigenvalue weighted by Gasteiger charge is 2.27. The van der Waals surface area contributed by atoms with Crippen molar-refractivity contribution in [3.8, 4) is 0 Å². The van der Waals surface area contributed by atoms with Gasteiger partial charge in [0, 0.05) is 50.7 Å². The lowest BCUT2D eigenvalue weighted by Gasteiger charge is -2.29. The second-order valence-corrected chi connectivity index (χ2v) is 10.4. The zero-order chi connectivity index (χ0) is 22.4. The number of carbonyl (C=O) groups is 1. The highest BCUT2D eigenvalue weighted by atomic mass is 35.5. The number of hydrogen-bond acceptors (Lipinski definition) is 4. The highest BCUT2D eigenvalue weighted by Crippen LogP contribution is 2.23. The Hall–Kier alpha value is -1.93. The van der Waals surface area contributed by atoms with Gasteiger partial charge in [-0.25, -0.2) is 8.42 Å². The molecule has 8 heteroatoms. The van der Waals surface area contributed by atoms with Crippen LogP contribution < -0.4 is 5.32 Å². The van der Waals surface area contributed by atoms with Gasteiger partial charge in [0.1, 0.15) is 0 Å². The van der Waals surface area contributed by atoms with E-state index in [1.165, 1.54) is 4.31 Å². The van der Waals surface area contributed by atoms with Crippen molar-refractivity contribution in [3.63, 3.8) is 0 Å². The first-order chi connectivity index (χ1) is 14.8. The summed E-state index contributed by atoms with van der Waals surface area (Å²) in [5, 5.41) is 3.77. The van der Waals surface area contributed by atoms with E-state index < -0.39 is 10.0 Å². The van der Waals surface area contributed by atoms with Gasteiger partial charge in [-0.15, -0.1) is 0 Å². The van der Waals surface area contributed by atoms with Gasteiger partial charge >= 0.3 is 0 Å². The third-order valence-electron chi connectivity index (χ3n) is 5.48. The molecular formula is C23H30ClN3O3S. The Balaban J connectivity index is 1.82. The molecule has 1 heterocycles. The van der Waals surface area contributed by atoms with Crippen LogP contribution in [0.1, 0.15) is 37.3 Å². The second-order valence-electron chi connectivity index (χ2n) is 8.07. The number of rotatable bonds is 8. The molecule has 0 bridgehead atoms. The molecule has 0 unspecified atom stereocenters. The number of piperazine rings is 1. The summed E-state index contributed by atoms with van der Waals surface area (Å²) >= 11 is 6.10. The summed E-state index contributed by atoms with van der Waals surface area (Å²) in [5.74, 6) is 0.291.